The van der Waals surface area contributed by atoms with E-state index in [1.807, 2.05) is 45.0 Å². The molecule has 28 heavy (non-hydrogen) atoms. The highest BCUT2D eigenvalue weighted by Crippen LogP contribution is 2.41. The highest BCUT2D eigenvalue weighted by atomic mass is 32.2. The van der Waals surface area contributed by atoms with Crippen LogP contribution in [0.5, 0.6) is 11.5 Å². The lowest BCUT2D eigenvalue weighted by atomic mass is 10.0. The number of thioether (sulfide) groups is 1. The van der Waals surface area contributed by atoms with Gasteiger partial charge in [0.2, 0.25) is 0 Å². The second kappa shape index (κ2) is 8.10. The van der Waals surface area contributed by atoms with E-state index in [1.165, 1.54) is 30.9 Å². The molecule has 1 aliphatic rings. The number of carbonyl (C=O) groups excluding carboxylic acids is 2. The third-order valence-corrected chi connectivity index (χ3v) is 5.42. The van der Waals surface area contributed by atoms with Gasteiger partial charge in [0, 0.05) is 23.4 Å². The average Bonchev–Trinajstić information content (AvgIpc) is 2.91. The molecule has 0 saturated carbocycles. The predicted octanol–water partition coefficient (Wildman–Crippen LogP) is 4.44. The molecule has 1 heterocycles. The van der Waals surface area contributed by atoms with Crippen LogP contribution in [0.25, 0.3) is 5.57 Å². The summed E-state index contributed by atoms with van der Waals surface area (Å²) in [5, 5.41) is 0.159. The quantitative estimate of drug-likeness (QED) is 0.675. The zero-order valence-electron chi connectivity index (χ0n) is 16.6. The molecule has 0 atom stereocenters. The van der Waals surface area contributed by atoms with Crippen molar-refractivity contribution in [2.75, 3.05) is 19.1 Å². The van der Waals surface area contributed by atoms with E-state index >= 15 is 0 Å². The van der Waals surface area contributed by atoms with Crippen molar-refractivity contribution in [2.24, 2.45) is 0 Å². The first-order valence-electron chi connectivity index (χ1n) is 8.95. The Hall–Kier alpha value is -2.73. The number of benzene rings is 2. The van der Waals surface area contributed by atoms with Gasteiger partial charge in [-0.2, -0.15) is 0 Å². The molecular weight excluding hydrogens is 374 g/mol. The molecule has 2 amide bonds. The van der Waals surface area contributed by atoms with Gasteiger partial charge in [-0.1, -0.05) is 43.7 Å². The topological polar surface area (TPSA) is 55.8 Å². The minimum Gasteiger partial charge on any atom is -0.497 e. The van der Waals surface area contributed by atoms with Crippen molar-refractivity contribution in [1.82, 2.24) is 0 Å². The first-order valence-corrected chi connectivity index (χ1v) is 9.83. The Labute approximate surface area is 169 Å². The van der Waals surface area contributed by atoms with Crippen LogP contribution in [-0.4, -0.2) is 31.3 Å². The largest absolute Gasteiger partial charge is 0.497 e. The van der Waals surface area contributed by atoms with Crippen molar-refractivity contribution in [3.63, 3.8) is 0 Å². The van der Waals surface area contributed by atoms with Gasteiger partial charge in [0.1, 0.15) is 11.5 Å². The fourth-order valence-electron chi connectivity index (χ4n) is 2.99. The van der Waals surface area contributed by atoms with E-state index in [0.717, 1.165) is 11.1 Å². The zero-order chi connectivity index (χ0) is 20.4. The van der Waals surface area contributed by atoms with Crippen molar-refractivity contribution in [3.8, 4) is 11.5 Å². The molecule has 2 aromatic rings. The number of amides is 2. The molecule has 1 aliphatic heterocycles. The Balaban J connectivity index is 2.12. The minimum atomic E-state index is -0.340. The molecule has 0 radical (unpaired) electrons. The lowest BCUT2D eigenvalue weighted by molar-refractivity contribution is -0.119. The van der Waals surface area contributed by atoms with Gasteiger partial charge < -0.3 is 9.47 Å². The molecular formula is C22H23NO4S. The summed E-state index contributed by atoms with van der Waals surface area (Å²) in [6.07, 6.45) is 0. The van der Waals surface area contributed by atoms with E-state index in [4.69, 9.17) is 9.47 Å². The lowest BCUT2D eigenvalue weighted by Gasteiger charge is -2.17. The maximum Gasteiger partial charge on any atom is 0.272 e. The molecule has 0 aromatic heterocycles. The van der Waals surface area contributed by atoms with Gasteiger partial charge in [0.25, 0.3) is 11.8 Å². The fourth-order valence-corrected chi connectivity index (χ4v) is 3.97. The number of ether oxygens (including phenoxy) is 2. The van der Waals surface area contributed by atoms with Gasteiger partial charge in [-0.25, -0.2) is 4.90 Å². The normalized spacial score (nSPS) is 14.3. The van der Waals surface area contributed by atoms with E-state index in [0.29, 0.717) is 27.7 Å². The van der Waals surface area contributed by atoms with E-state index in [-0.39, 0.29) is 17.1 Å². The average molecular weight is 397 g/mol. The van der Waals surface area contributed by atoms with Crippen LogP contribution in [0.1, 0.15) is 25.0 Å². The van der Waals surface area contributed by atoms with Crippen molar-refractivity contribution in [3.05, 3.63) is 58.5 Å². The number of hydrogen-bond donors (Lipinski definition) is 0. The van der Waals surface area contributed by atoms with Gasteiger partial charge in [-0.05, 0) is 12.5 Å². The Kier molecular flexibility index (Phi) is 5.79. The highest BCUT2D eigenvalue weighted by molar-refractivity contribution is 8.04. The van der Waals surface area contributed by atoms with Crippen LogP contribution in [-0.2, 0) is 9.59 Å². The van der Waals surface area contributed by atoms with Gasteiger partial charge in [0.15, 0.2) is 0 Å². The summed E-state index contributed by atoms with van der Waals surface area (Å²) in [5.41, 5.74) is 2.69. The second-order valence-electron chi connectivity index (χ2n) is 6.75. The molecule has 146 valence electrons. The van der Waals surface area contributed by atoms with Crippen LogP contribution in [0.2, 0.25) is 0 Å². The van der Waals surface area contributed by atoms with Crippen molar-refractivity contribution in [2.45, 2.75) is 26.0 Å². The summed E-state index contributed by atoms with van der Waals surface area (Å²) in [7, 11) is 3.06. The minimum absolute atomic E-state index is 0.159. The summed E-state index contributed by atoms with van der Waals surface area (Å²) in [6.45, 7) is 5.98. The van der Waals surface area contributed by atoms with Gasteiger partial charge >= 0.3 is 0 Å². The summed E-state index contributed by atoms with van der Waals surface area (Å²) in [6, 6.07) is 12.7. The first kappa shape index (κ1) is 20.0. The second-order valence-corrected chi connectivity index (χ2v) is 8.34. The standard InChI is InChI=1S/C22H23NO4S/c1-13(2)28-20-19(15-8-6-14(3)7-9-15)21(24)23(22(20)25)16-10-17(26-4)12-18(11-16)27-5/h6-13H,1-5H3. The van der Waals surface area contributed by atoms with E-state index in [2.05, 4.69) is 0 Å². The first-order chi connectivity index (χ1) is 13.3. The molecule has 3 rings (SSSR count). The van der Waals surface area contributed by atoms with Gasteiger partial charge in [0.05, 0.1) is 30.4 Å². The SMILES string of the molecule is COc1cc(OC)cc(N2C(=O)C(SC(C)C)=C(c3ccc(C)cc3)C2=O)c1. The summed E-state index contributed by atoms with van der Waals surface area (Å²) in [5.74, 6) is 0.357. The van der Waals surface area contributed by atoms with E-state index in [1.54, 1.807) is 18.2 Å². The molecule has 0 unspecified atom stereocenters. The van der Waals surface area contributed by atoms with Gasteiger partial charge in [-0.15, -0.1) is 11.8 Å². The highest BCUT2D eigenvalue weighted by Gasteiger charge is 2.40. The number of imide groups is 1. The van der Waals surface area contributed by atoms with E-state index in [9.17, 15) is 9.59 Å². The molecule has 0 fully saturated rings. The molecule has 2 aromatic carbocycles. The van der Waals surface area contributed by atoms with Crippen LogP contribution in [0.4, 0.5) is 5.69 Å². The van der Waals surface area contributed by atoms with Crippen molar-refractivity contribution >= 4 is 34.8 Å². The number of aryl methyl sites for hydroxylation is 1. The third-order valence-electron chi connectivity index (χ3n) is 4.33. The number of rotatable bonds is 6. The number of hydrogen-bond acceptors (Lipinski definition) is 5. The van der Waals surface area contributed by atoms with Crippen LogP contribution in [0.15, 0.2) is 47.4 Å². The Morgan fingerprint density at radius 2 is 1.46 bits per heavy atom. The number of anilines is 1. The molecule has 0 aliphatic carbocycles. The summed E-state index contributed by atoms with van der Waals surface area (Å²) in [4.78, 5) is 28.3. The predicted molar refractivity (Wildman–Crippen MR) is 113 cm³/mol. The Morgan fingerprint density at radius 3 is 1.96 bits per heavy atom. The van der Waals surface area contributed by atoms with Crippen LogP contribution in [0, 0.1) is 6.92 Å². The lowest BCUT2D eigenvalue weighted by Crippen LogP contribution is -2.31. The maximum atomic E-state index is 13.3. The number of carbonyl (C=O) groups is 2. The molecule has 5 nitrogen and oxygen atoms in total. The van der Waals surface area contributed by atoms with Crippen molar-refractivity contribution < 1.29 is 19.1 Å². The fraction of sp³-hybridized carbons (Fsp3) is 0.273. The Bertz CT molecular complexity index is 925. The van der Waals surface area contributed by atoms with Crippen LogP contribution >= 0.6 is 11.8 Å². The number of methoxy groups -OCH3 is 2. The van der Waals surface area contributed by atoms with Crippen molar-refractivity contribution in [1.29, 1.82) is 0 Å². The molecule has 0 N–H and O–H groups in total. The molecule has 0 spiro atoms. The summed E-state index contributed by atoms with van der Waals surface area (Å²) < 4.78 is 10.6. The molecule has 6 heteroatoms. The molecule has 0 bridgehead atoms. The van der Waals surface area contributed by atoms with Crippen LogP contribution < -0.4 is 14.4 Å². The molecule has 0 saturated heterocycles. The van der Waals surface area contributed by atoms with Crippen LogP contribution in [0.3, 0.4) is 0 Å². The zero-order valence-corrected chi connectivity index (χ0v) is 17.4. The number of nitrogens with zero attached hydrogens (tertiary/aromatic N) is 1. The smallest absolute Gasteiger partial charge is 0.272 e. The monoisotopic (exact) mass is 397 g/mol. The summed E-state index contributed by atoms with van der Waals surface area (Å²) >= 11 is 1.40. The third kappa shape index (κ3) is 3.78. The van der Waals surface area contributed by atoms with Gasteiger partial charge in [-0.3, -0.25) is 9.59 Å². The Morgan fingerprint density at radius 1 is 0.893 bits per heavy atom. The van der Waals surface area contributed by atoms with E-state index < -0.39 is 0 Å². The maximum absolute atomic E-state index is 13.3.